The number of ether oxygens (including phenoxy) is 1. The predicted molar refractivity (Wildman–Crippen MR) is 121 cm³/mol. The number of hydrogen-bond acceptors (Lipinski definition) is 5. The number of phenols is 1. The van der Waals surface area contributed by atoms with Gasteiger partial charge >= 0.3 is 0 Å². The first kappa shape index (κ1) is 20.1. The predicted octanol–water partition coefficient (Wildman–Crippen LogP) is 5.55. The van der Waals surface area contributed by atoms with Gasteiger partial charge < -0.3 is 9.84 Å². The molecule has 0 spiro atoms. The molecule has 4 aromatic rings. The zero-order valence-corrected chi connectivity index (χ0v) is 17.5. The first-order valence-corrected chi connectivity index (χ1v) is 9.85. The van der Waals surface area contributed by atoms with Gasteiger partial charge in [-0.05, 0) is 55.8 Å². The highest BCUT2D eigenvalue weighted by Crippen LogP contribution is 2.31. The zero-order valence-electron chi connectivity index (χ0n) is 17.5. The Morgan fingerprint density at radius 2 is 1.26 bits per heavy atom. The van der Waals surface area contributed by atoms with E-state index in [1.54, 1.807) is 13.0 Å². The molecule has 1 N–H and O–H groups in total. The van der Waals surface area contributed by atoms with Gasteiger partial charge in [0.05, 0.1) is 5.56 Å². The summed E-state index contributed by atoms with van der Waals surface area (Å²) in [5.41, 5.74) is 4.35. The highest BCUT2D eigenvalue weighted by Gasteiger charge is 2.15. The number of nitrogens with zero attached hydrogens (tertiary/aromatic N) is 3. The fourth-order valence-corrected chi connectivity index (χ4v) is 3.07. The Hall–Kier alpha value is -4.17. The van der Waals surface area contributed by atoms with Crippen molar-refractivity contribution in [3.63, 3.8) is 0 Å². The van der Waals surface area contributed by atoms with E-state index in [0.29, 0.717) is 28.8 Å². The van der Waals surface area contributed by atoms with Crippen molar-refractivity contribution in [2.24, 2.45) is 0 Å². The Labute approximate surface area is 181 Å². The lowest BCUT2D eigenvalue weighted by atomic mass is 10.1. The lowest BCUT2D eigenvalue weighted by molar-refractivity contribution is 0.476. The van der Waals surface area contributed by atoms with Crippen molar-refractivity contribution in [1.29, 1.82) is 0 Å². The second-order valence-corrected chi connectivity index (χ2v) is 7.17. The van der Waals surface area contributed by atoms with Crippen molar-refractivity contribution in [2.75, 3.05) is 0 Å². The van der Waals surface area contributed by atoms with Gasteiger partial charge in [-0.3, -0.25) is 0 Å². The number of hydrogen-bond donors (Lipinski definition) is 1. The van der Waals surface area contributed by atoms with E-state index >= 15 is 0 Å². The summed E-state index contributed by atoms with van der Waals surface area (Å²) in [6.45, 7) is 5.67. The van der Waals surface area contributed by atoms with Gasteiger partial charge in [-0.25, -0.2) is 15.0 Å². The number of phenolic OH excluding ortho intramolecular Hbond substituents is 1. The molecule has 0 bridgehead atoms. The lowest BCUT2D eigenvalue weighted by Crippen LogP contribution is -2.00. The molecule has 0 aliphatic heterocycles. The van der Waals surface area contributed by atoms with Crippen LogP contribution in [0.15, 0.2) is 66.7 Å². The normalized spacial score (nSPS) is 10.3. The van der Waals surface area contributed by atoms with Crippen LogP contribution in [0.25, 0.3) is 34.2 Å². The molecule has 5 heteroatoms. The van der Waals surface area contributed by atoms with Gasteiger partial charge in [-0.2, -0.15) is 0 Å². The van der Waals surface area contributed by atoms with E-state index in [4.69, 9.17) is 9.72 Å². The van der Waals surface area contributed by atoms with Crippen molar-refractivity contribution < 1.29 is 9.84 Å². The molecular formula is C26H21N3O2. The second-order valence-electron chi connectivity index (χ2n) is 7.17. The molecule has 0 aliphatic carbocycles. The van der Waals surface area contributed by atoms with E-state index in [2.05, 4.69) is 22.0 Å². The van der Waals surface area contributed by atoms with E-state index in [1.165, 1.54) is 0 Å². The van der Waals surface area contributed by atoms with Crippen LogP contribution < -0.4 is 4.74 Å². The molecule has 0 saturated heterocycles. The smallest absolute Gasteiger partial charge is 0.167 e. The average Bonchev–Trinajstić information content (AvgIpc) is 2.78. The number of rotatable bonds is 4. The van der Waals surface area contributed by atoms with Crippen molar-refractivity contribution in [3.8, 4) is 57.7 Å². The van der Waals surface area contributed by atoms with Crippen LogP contribution in [0.5, 0.6) is 11.5 Å². The fourth-order valence-electron chi connectivity index (χ4n) is 3.07. The summed E-state index contributed by atoms with van der Waals surface area (Å²) in [5, 5.41) is 10.5. The summed E-state index contributed by atoms with van der Waals surface area (Å²) < 4.78 is 5.32. The van der Waals surface area contributed by atoms with Crippen LogP contribution in [-0.4, -0.2) is 20.1 Å². The van der Waals surface area contributed by atoms with Gasteiger partial charge in [0.15, 0.2) is 17.5 Å². The first-order chi connectivity index (χ1) is 15.0. The maximum Gasteiger partial charge on any atom is 0.167 e. The van der Waals surface area contributed by atoms with Crippen LogP contribution in [0, 0.1) is 25.9 Å². The molecule has 0 unspecified atom stereocenters. The second kappa shape index (κ2) is 8.68. The molecular weight excluding hydrogens is 386 g/mol. The Morgan fingerprint density at radius 1 is 0.710 bits per heavy atom. The minimum absolute atomic E-state index is 0.133. The molecule has 1 aromatic heterocycles. The van der Waals surface area contributed by atoms with Crippen molar-refractivity contribution >= 4 is 0 Å². The number of aromatic hydroxyl groups is 1. The van der Waals surface area contributed by atoms with E-state index in [-0.39, 0.29) is 5.75 Å². The summed E-state index contributed by atoms with van der Waals surface area (Å²) >= 11 is 0. The molecule has 0 amide bonds. The number of aryl methyl sites for hydroxylation is 2. The van der Waals surface area contributed by atoms with Crippen LogP contribution in [0.1, 0.15) is 18.1 Å². The Bertz CT molecular complexity index is 1290. The molecule has 4 rings (SSSR count). The van der Waals surface area contributed by atoms with Crippen molar-refractivity contribution in [2.45, 2.75) is 20.8 Å². The highest BCUT2D eigenvalue weighted by molar-refractivity contribution is 5.70. The minimum Gasteiger partial charge on any atom is -0.507 e. The third kappa shape index (κ3) is 4.54. The Kier molecular flexibility index (Phi) is 5.63. The van der Waals surface area contributed by atoms with Gasteiger partial charge in [-0.1, -0.05) is 41.8 Å². The lowest BCUT2D eigenvalue weighted by Gasteiger charge is -2.10. The number of aromatic nitrogens is 3. The van der Waals surface area contributed by atoms with Crippen LogP contribution in [0.2, 0.25) is 0 Å². The van der Waals surface area contributed by atoms with Gasteiger partial charge in [0.2, 0.25) is 0 Å². The van der Waals surface area contributed by atoms with Gasteiger partial charge in [0.1, 0.15) is 17.6 Å². The van der Waals surface area contributed by atoms with Crippen LogP contribution in [0.4, 0.5) is 0 Å². The summed E-state index contributed by atoms with van der Waals surface area (Å²) in [4.78, 5) is 14.0. The Morgan fingerprint density at radius 3 is 1.84 bits per heavy atom. The van der Waals surface area contributed by atoms with Crippen LogP contribution >= 0.6 is 0 Å². The zero-order chi connectivity index (χ0) is 21.8. The third-order valence-corrected chi connectivity index (χ3v) is 4.72. The minimum atomic E-state index is 0.133. The topological polar surface area (TPSA) is 68.1 Å². The maximum atomic E-state index is 10.5. The summed E-state index contributed by atoms with van der Waals surface area (Å²) in [7, 11) is 0. The molecule has 0 atom stereocenters. The van der Waals surface area contributed by atoms with Crippen LogP contribution in [-0.2, 0) is 0 Å². The molecule has 0 fully saturated rings. The molecule has 0 aliphatic rings. The summed E-state index contributed by atoms with van der Waals surface area (Å²) in [5.74, 6) is 4.93. The summed E-state index contributed by atoms with van der Waals surface area (Å²) in [6.07, 6.45) is 2.58. The van der Waals surface area contributed by atoms with Crippen LogP contribution in [0.3, 0.4) is 0 Å². The maximum absolute atomic E-state index is 10.5. The molecule has 152 valence electrons. The highest BCUT2D eigenvalue weighted by atomic mass is 16.5. The van der Waals surface area contributed by atoms with E-state index in [9.17, 15) is 5.11 Å². The van der Waals surface area contributed by atoms with E-state index in [1.807, 2.05) is 74.5 Å². The molecule has 1 heterocycles. The van der Waals surface area contributed by atoms with Gasteiger partial charge in [0.25, 0.3) is 0 Å². The summed E-state index contributed by atoms with van der Waals surface area (Å²) in [6, 6.07) is 20.8. The average molecular weight is 407 g/mol. The number of benzene rings is 3. The van der Waals surface area contributed by atoms with Crippen molar-refractivity contribution in [1.82, 2.24) is 15.0 Å². The molecule has 0 saturated carbocycles. The molecule has 31 heavy (non-hydrogen) atoms. The molecule has 5 nitrogen and oxygen atoms in total. The van der Waals surface area contributed by atoms with Gasteiger partial charge in [-0.15, -0.1) is 0 Å². The standard InChI is InChI=1S/C26H21N3O2/c1-4-15-31-21-12-10-20(11-13-21)25-27-24(19-8-5-17(2)6-9-19)28-26(29-25)22-14-7-18(3)16-23(22)30/h5-14,16,30H,1-3H3. The van der Waals surface area contributed by atoms with E-state index < -0.39 is 0 Å². The largest absolute Gasteiger partial charge is 0.507 e. The Balaban J connectivity index is 1.84. The van der Waals surface area contributed by atoms with Crippen molar-refractivity contribution in [3.05, 3.63) is 77.9 Å². The van der Waals surface area contributed by atoms with Gasteiger partial charge in [0, 0.05) is 18.1 Å². The SMILES string of the molecule is CC#COc1ccc(-c2nc(-c3ccc(C)cc3)nc(-c3ccc(C)cc3O)n2)cc1. The first-order valence-electron chi connectivity index (χ1n) is 9.85. The quantitative estimate of drug-likeness (QED) is 0.449. The monoisotopic (exact) mass is 407 g/mol. The fraction of sp³-hybridized carbons (Fsp3) is 0.115. The third-order valence-electron chi connectivity index (χ3n) is 4.72. The van der Waals surface area contributed by atoms with E-state index in [0.717, 1.165) is 22.3 Å². The molecule has 0 radical (unpaired) electrons. The molecule has 3 aromatic carbocycles.